The van der Waals surface area contributed by atoms with Gasteiger partial charge in [-0.25, -0.2) is 4.98 Å². The van der Waals surface area contributed by atoms with E-state index < -0.39 is 0 Å². The van der Waals surface area contributed by atoms with E-state index in [1.54, 1.807) is 0 Å². The molecule has 1 aliphatic carbocycles. The molecule has 5 nitrogen and oxygen atoms in total. The number of hydrogen-bond acceptors (Lipinski definition) is 4. The van der Waals surface area contributed by atoms with Gasteiger partial charge in [0.2, 0.25) is 0 Å². The molecule has 1 N–H and O–H groups in total. The first-order valence-corrected chi connectivity index (χ1v) is 8.53. The highest BCUT2D eigenvalue weighted by Crippen LogP contribution is 2.52. The van der Waals surface area contributed by atoms with Gasteiger partial charge in [0, 0.05) is 43.7 Å². The summed E-state index contributed by atoms with van der Waals surface area (Å²) in [5.74, 6) is 0.702. The van der Waals surface area contributed by atoms with Crippen molar-refractivity contribution in [1.82, 2.24) is 14.9 Å². The average Bonchev–Trinajstić information content (AvgIpc) is 3.12. The number of ether oxygens (including phenoxy) is 2. The molecule has 5 heteroatoms. The number of rotatable bonds is 3. The maximum absolute atomic E-state index is 5.98. The molecule has 3 heterocycles. The molecule has 1 saturated carbocycles. The van der Waals surface area contributed by atoms with Crippen LogP contribution in [-0.4, -0.2) is 41.0 Å². The third-order valence-electron chi connectivity index (χ3n) is 5.98. The molecular formula is C17H27N3O2. The van der Waals surface area contributed by atoms with Gasteiger partial charge in [-0.05, 0) is 19.3 Å². The van der Waals surface area contributed by atoms with Gasteiger partial charge in [-0.3, -0.25) is 0 Å². The molecule has 0 bridgehead atoms. The Labute approximate surface area is 132 Å². The van der Waals surface area contributed by atoms with E-state index in [2.05, 4.69) is 28.7 Å². The molecule has 0 unspecified atom stereocenters. The highest BCUT2D eigenvalue weighted by Gasteiger charge is 2.59. The lowest BCUT2D eigenvalue weighted by atomic mass is 9.57. The van der Waals surface area contributed by atoms with Crippen LogP contribution in [0.3, 0.4) is 0 Å². The molecule has 3 fully saturated rings. The van der Waals surface area contributed by atoms with Crippen molar-refractivity contribution in [3.05, 3.63) is 18.2 Å². The number of aromatic nitrogens is 2. The second-order valence-corrected chi connectivity index (χ2v) is 7.72. The predicted octanol–water partition coefficient (Wildman–Crippen LogP) is 2.04. The minimum Gasteiger partial charge on any atom is -0.377 e. The summed E-state index contributed by atoms with van der Waals surface area (Å²) < 4.78 is 14.0. The second kappa shape index (κ2) is 5.32. The minimum atomic E-state index is 0.164. The second-order valence-electron chi connectivity index (χ2n) is 7.72. The van der Waals surface area contributed by atoms with E-state index in [0.717, 1.165) is 26.1 Å². The standard InChI is InChI=1S/C17H27N3O2/c1-17(2)15(12-5-7-22-16(12)17)19-11-4-6-21-14(8-11)13-9-18-10-20(13)3/h9-12,14-16,19H,4-8H2,1-3H3/t11-,12+,14+,15-,16-/m1/s1. The average molecular weight is 305 g/mol. The van der Waals surface area contributed by atoms with Crippen molar-refractivity contribution in [2.75, 3.05) is 13.2 Å². The number of fused-ring (bicyclic) bond motifs is 1. The fraction of sp³-hybridized carbons (Fsp3) is 0.824. The van der Waals surface area contributed by atoms with E-state index in [1.807, 2.05) is 19.6 Å². The third-order valence-corrected chi connectivity index (χ3v) is 5.98. The maximum Gasteiger partial charge on any atom is 0.100 e. The Morgan fingerprint density at radius 1 is 1.27 bits per heavy atom. The molecular weight excluding hydrogens is 278 g/mol. The Hall–Kier alpha value is -0.910. The van der Waals surface area contributed by atoms with Crippen molar-refractivity contribution >= 4 is 0 Å². The highest BCUT2D eigenvalue weighted by atomic mass is 16.5. The third kappa shape index (κ3) is 2.22. The van der Waals surface area contributed by atoms with Crippen LogP contribution in [0.4, 0.5) is 0 Å². The van der Waals surface area contributed by atoms with Crippen LogP contribution >= 0.6 is 0 Å². The molecule has 0 aromatic carbocycles. The van der Waals surface area contributed by atoms with Crippen LogP contribution in [0.1, 0.15) is 44.9 Å². The van der Waals surface area contributed by atoms with Crippen molar-refractivity contribution < 1.29 is 9.47 Å². The van der Waals surface area contributed by atoms with Crippen LogP contribution in [-0.2, 0) is 16.5 Å². The molecule has 22 heavy (non-hydrogen) atoms. The zero-order valence-electron chi connectivity index (χ0n) is 13.8. The van der Waals surface area contributed by atoms with Gasteiger partial charge >= 0.3 is 0 Å². The molecule has 4 rings (SSSR count). The normalized spacial score (nSPS) is 40.2. The molecule has 0 amide bonds. The van der Waals surface area contributed by atoms with Crippen LogP contribution in [0.5, 0.6) is 0 Å². The molecule has 1 aromatic heterocycles. The van der Waals surface area contributed by atoms with Crippen LogP contribution in [0, 0.1) is 11.3 Å². The fourth-order valence-corrected chi connectivity index (χ4v) is 4.75. The Kier molecular flexibility index (Phi) is 3.55. The van der Waals surface area contributed by atoms with Gasteiger partial charge in [0.1, 0.15) is 6.10 Å². The van der Waals surface area contributed by atoms with Crippen molar-refractivity contribution in [3.63, 3.8) is 0 Å². The Balaban J connectivity index is 1.42. The Bertz CT molecular complexity index is 542. The number of imidazole rings is 1. The lowest BCUT2D eigenvalue weighted by Crippen LogP contribution is -2.67. The summed E-state index contributed by atoms with van der Waals surface area (Å²) in [4.78, 5) is 4.22. The number of nitrogens with one attached hydrogen (secondary N) is 1. The monoisotopic (exact) mass is 305 g/mol. The summed E-state index contributed by atoms with van der Waals surface area (Å²) in [5.41, 5.74) is 1.43. The molecule has 122 valence electrons. The first-order chi connectivity index (χ1) is 10.6. The van der Waals surface area contributed by atoms with E-state index in [1.165, 1.54) is 12.1 Å². The first-order valence-electron chi connectivity index (χ1n) is 8.53. The molecule has 2 saturated heterocycles. The van der Waals surface area contributed by atoms with Gasteiger partial charge < -0.3 is 19.4 Å². The van der Waals surface area contributed by atoms with Crippen molar-refractivity contribution in [2.24, 2.45) is 18.4 Å². The summed E-state index contributed by atoms with van der Waals surface area (Å²) in [7, 11) is 2.04. The molecule has 0 spiro atoms. The molecule has 2 aliphatic heterocycles. The van der Waals surface area contributed by atoms with Crippen molar-refractivity contribution in [1.29, 1.82) is 0 Å². The smallest absolute Gasteiger partial charge is 0.100 e. The van der Waals surface area contributed by atoms with Crippen molar-refractivity contribution in [2.45, 2.75) is 57.4 Å². The van der Waals surface area contributed by atoms with Gasteiger partial charge in [0.15, 0.2) is 0 Å². The Morgan fingerprint density at radius 2 is 2.09 bits per heavy atom. The minimum absolute atomic E-state index is 0.164. The molecule has 0 radical (unpaired) electrons. The Morgan fingerprint density at radius 3 is 2.86 bits per heavy atom. The van der Waals surface area contributed by atoms with Crippen LogP contribution in [0.15, 0.2) is 12.5 Å². The molecule has 3 aliphatic rings. The quantitative estimate of drug-likeness (QED) is 0.928. The summed E-state index contributed by atoms with van der Waals surface area (Å²) in [6.45, 7) is 6.44. The van der Waals surface area contributed by atoms with E-state index in [4.69, 9.17) is 9.47 Å². The maximum atomic E-state index is 5.98. The lowest BCUT2D eigenvalue weighted by molar-refractivity contribution is -0.120. The zero-order valence-corrected chi connectivity index (χ0v) is 13.8. The zero-order chi connectivity index (χ0) is 15.3. The number of aryl methyl sites for hydroxylation is 1. The van der Waals surface area contributed by atoms with E-state index in [9.17, 15) is 0 Å². The van der Waals surface area contributed by atoms with E-state index >= 15 is 0 Å². The number of hydrogen-bond donors (Lipinski definition) is 1. The van der Waals surface area contributed by atoms with Crippen LogP contribution in [0.2, 0.25) is 0 Å². The highest BCUT2D eigenvalue weighted by molar-refractivity contribution is 5.12. The summed E-state index contributed by atoms with van der Waals surface area (Å²) in [5, 5.41) is 3.94. The largest absolute Gasteiger partial charge is 0.377 e. The van der Waals surface area contributed by atoms with Gasteiger partial charge in [-0.1, -0.05) is 13.8 Å². The summed E-state index contributed by atoms with van der Waals surface area (Å²) in [6, 6.07) is 1.11. The van der Waals surface area contributed by atoms with Gasteiger partial charge in [0.05, 0.1) is 24.3 Å². The lowest BCUT2D eigenvalue weighted by Gasteiger charge is -2.56. The first kappa shape index (κ1) is 14.7. The summed E-state index contributed by atoms with van der Waals surface area (Å²) in [6.07, 6.45) is 7.74. The van der Waals surface area contributed by atoms with Gasteiger partial charge in [-0.2, -0.15) is 0 Å². The number of nitrogens with zero attached hydrogens (tertiary/aromatic N) is 2. The van der Waals surface area contributed by atoms with Crippen LogP contribution < -0.4 is 5.32 Å². The topological polar surface area (TPSA) is 48.3 Å². The van der Waals surface area contributed by atoms with Crippen molar-refractivity contribution in [3.8, 4) is 0 Å². The SMILES string of the molecule is Cn1cncc1[C@@H]1C[C@H](N[C@@H]2[C@@H]3CCO[C@H]3C2(C)C)CCO1. The van der Waals surface area contributed by atoms with Gasteiger partial charge in [-0.15, -0.1) is 0 Å². The molecule has 5 atom stereocenters. The van der Waals surface area contributed by atoms with E-state index in [-0.39, 0.29) is 11.5 Å². The fourth-order valence-electron chi connectivity index (χ4n) is 4.75. The summed E-state index contributed by atoms with van der Waals surface area (Å²) >= 11 is 0. The predicted molar refractivity (Wildman–Crippen MR) is 83.5 cm³/mol. The van der Waals surface area contributed by atoms with Gasteiger partial charge in [0.25, 0.3) is 0 Å². The molecule has 1 aromatic rings. The van der Waals surface area contributed by atoms with E-state index in [0.29, 0.717) is 24.1 Å². The van der Waals surface area contributed by atoms with Crippen LogP contribution in [0.25, 0.3) is 0 Å².